The van der Waals surface area contributed by atoms with Crippen LogP contribution in [0.3, 0.4) is 0 Å². The van der Waals surface area contributed by atoms with E-state index in [-0.39, 0.29) is 0 Å². The summed E-state index contributed by atoms with van der Waals surface area (Å²) in [6.45, 7) is 4.40. The van der Waals surface area contributed by atoms with Crippen LogP contribution in [0.25, 0.3) is 0 Å². The lowest BCUT2D eigenvalue weighted by Gasteiger charge is -2.40. The van der Waals surface area contributed by atoms with Crippen LogP contribution in [0.2, 0.25) is 0 Å². The number of piperidine rings is 1. The van der Waals surface area contributed by atoms with Gasteiger partial charge in [0.15, 0.2) is 0 Å². The van der Waals surface area contributed by atoms with E-state index < -0.39 is 11.4 Å². The molecule has 1 N–H and O–H groups in total. The maximum absolute atomic E-state index is 11.9. The normalized spacial score (nSPS) is 26.0. The van der Waals surface area contributed by atoms with Crippen molar-refractivity contribution in [1.82, 2.24) is 14.9 Å². The van der Waals surface area contributed by atoms with Crippen LogP contribution in [-0.2, 0) is 17.8 Å². The summed E-state index contributed by atoms with van der Waals surface area (Å²) in [6.07, 6.45) is 7.68. The monoisotopic (exact) mass is 303 g/mol. The van der Waals surface area contributed by atoms with Crippen molar-refractivity contribution in [2.75, 3.05) is 13.1 Å². The Morgan fingerprint density at radius 3 is 3.00 bits per heavy atom. The van der Waals surface area contributed by atoms with Crippen molar-refractivity contribution < 1.29 is 9.90 Å². The number of aryl methyl sites for hydroxylation is 1. The molecule has 0 unspecified atom stereocenters. The lowest BCUT2D eigenvalue weighted by molar-refractivity contribution is -0.153. The minimum absolute atomic E-state index is 0.542. The average Bonchev–Trinajstić information content (AvgIpc) is 3.31. The van der Waals surface area contributed by atoms with Crippen molar-refractivity contribution in [3.8, 4) is 0 Å². The number of likely N-dealkylation sites (tertiary alicyclic amines) is 1. The molecule has 0 aromatic carbocycles. The smallest absolute Gasteiger partial charge is 0.310 e. The zero-order valence-corrected chi connectivity index (χ0v) is 13.3. The average molecular weight is 303 g/mol. The topological polar surface area (TPSA) is 66.3 Å². The molecule has 5 heteroatoms. The van der Waals surface area contributed by atoms with Gasteiger partial charge in [0, 0.05) is 25.7 Å². The number of nitrogens with zero attached hydrogens (tertiary/aromatic N) is 3. The van der Waals surface area contributed by atoms with E-state index >= 15 is 0 Å². The highest BCUT2D eigenvalue weighted by Crippen LogP contribution is 2.45. The van der Waals surface area contributed by atoms with E-state index in [9.17, 15) is 9.90 Å². The standard InChI is InChI=1S/C17H25N3O2/c1-2-15-18-8-6-14(19-15)11-20-9-3-7-17(12-20,16(21)22)10-13-4-5-13/h6,8,13H,2-5,7,9-12H2,1H3,(H,21,22)/t17-/m1/s1. The third-order valence-electron chi connectivity index (χ3n) is 4.95. The molecule has 0 amide bonds. The van der Waals surface area contributed by atoms with E-state index in [1.165, 1.54) is 12.8 Å². The Bertz CT molecular complexity index is 544. The molecule has 1 saturated carbocycles. The summed E-state index contributed by atoms with van der Waals surface area (Å²) >= 11 is 0. The number of carboxylic acid groups (broad SMARTS) is 1. The van der Waals surface area contributed by atoms with Crippen molar-refractivity contribution >= 4 is 5.97 Å². The molecule has 120 valence electrons. The number of aliphatic carboxylic acids is 1. The molecular weight excluding hydrogens is 278 g/mol. The van der Waals surface area contributed by atoms with Gasteiger partial charge in [0.25, 0.3) is 0 Å². The fourth-order valence-electron chi connectivity index (χ4n) is 3.59. The SMILES string of the molecule is CCc1nccc(CN2CCC[C@](CC3CC3)(C(=O)O)C2)n1. The van der Waals surface area contributed by atoms with Gasteiger partial charge in [-0.15, -0.1) is 0 Å². The number of rotatable bonds is 6. The van der Waals surface area contributed by atoms with Crippen LogP contribution in [0.4, 0.5) is 0 Å². The van der Waals surface area contributed by atoms with Gasteiger partial charge in [0.05, 0.1) is 11.1 Å². The third-order valence-corrected chi connectivity index (χ3v) is 4.95. The Labute approximate surface area is 131 Å². The third kappa shape index (κ3) is 3.46. The summed E-state index contributed by atoms with van der Waals surface area (Å²) in [6, 6.07) is 1.94. The van der Waals surface area contributed by atoms with Crippen molar-refractivity contribution in [1.29, 1.82) is 0 Å². The van der Waals surface area contributed by atoms with E-state index in [2.05, 4.69) is 14.9 Å². The van der Waals surface area contributed by atoms with Crippen LogP contribution in [0.15, 0.2) is 12.3 Å². The van der Waals surface area contributed by atoms with Gasteiger partial charge in [0.1, 0.15) is 5.82 Å². The van der Waals surface area contributed by atoms with Crippen molar-refractivity contribution in [3.63, 3.8) is 0 Å². The number of hydrogen-bond donors (Lipinski definition) is 1. The Balaban J connectivity index is 1.69. The van der Waals surface area contributed by atoms with Gasteiger partial charge in [-0.05, 0) is 37.8 Å². The molecule has 0 bridgehead atoms. The van der Waals surface area contributed by atoms with Crippen LogP contribution >= 0.6 is 0 Å². The van der Waals surface area contributed by atoms with E-state index in [1.807, 2.05) is 13.0 Å². The lowest BCUT2D eigenvalue weighted by atomic mass is 9.75. The first-order valence-electron chi connectivity index (χ1n) is 8.38. The quantitative estimate of drug-likeness (QED) is 0.874. The fourth-order valence-corrected chi connectivity index (χ4v) is 3.59. The van der Waals surface area contributed by atoms with Gasteiger partial charge in [0.2, 0.25) is 0 Å². The molecule has 1 saturated heterocycles. The maximum atomic E-state index is 11.9. The van der Waals surface area contributed by atoms with E-state index in [0.29, 0.717) is 12.5 Å². The lowest BCUT2D eigenvalue weighted by Crippen LogP contribution is -2.47. The number of carboxylic acids is 1. The molecular formula is C17H25N3O2. The summed E-state index contributed by atoms with van der Waals surface area (Å²) in [5.74, 6) is 0.889. The van der Waals surface area contributed by atoms with Gasteiger partial charge in [-0.2, -0.15) is 0 Å². The zero-order valence-electron chi connectivity index (χ0n) is 13.3. The van der Waals surface area contributed by atoms with Gasteiger partial charge < -0.3 is 5.11 Å². The minimum Gasteiger partial charge on any atom is -0.481 e. The summed E-state index contributed by atoms with van der Waals surface area (Å²) < 4.78 is 0. The van der Waals surface area contributed by atoms with Gasteiger partial charge in [-0.1, -0.05) is 19.8 Å². The molecule has 2 aliphatic rings. The van der Waals surface area contributed by atoms with Crippen LogP contribution in [0.1, 0.15) is 50.5 Å². The van der Waals surface area contributed by atoms with Gasteiger partial charge in [-0.3, -0.25) is 9.69 Å². The van der Waals surface area contributed by atoms with Crippen LogP contribution < -0.4 is 0 Å². The zero-order chi connectivity index (χ0) is 15.6. The predicted octanol–water partition coefficient (Wildman–Crippen LogP) is 2.51. The Kier molecular flexibility index (Phi) is 4.43. The largest absolute Gasteiger partial charge is 0.481 e. The van der Waals surface area contributed by atoms with Crippen LogP contribution in [0.5, 0.6) is 0 Å². The first-order valence-corrected chi connectivity index (χ1v) is 8.38. The molecule has 22 heavy (non-hydrogen) atoms. The Hall–Kier alpha value is -1.49. The molecule has 2 fully saturated rings. The van der Waals surface area contributed by atoms with Gasteiger partial charge in [-0.25, -0.2) is 9.97 Å². The number of hydrogen-bond acceptors (Lipinski definition) is 4. The van der Waals surface area contributed by atoms with E-state index in [0.717, 1.165) is 50.3 Å². The Morgan fingerprint density at radius 1 is 1.50 bits per heavy atom. The molecule has 1 aromatic heterocycles. The highest BCUT2D eigenvalue weighted by atomic mass is 16.4. The van der Waals surface area contributed by atoms with Crippen molar-refractivity contribution in [2.45, 2.75) is 52.0 Å². The van der Waals surface area contributed by atoms with Crippen molar-refractivity contribution in [2.24, 2.45) is 11.3 Å². The Morgan fingerprint density at radius 2 is 2.32 bits per heavy atom. The highest BCUT2D eigenvalue weighted by Gasteiger charge is 2.45. The van der Waals surface area contributed by atoms with Crippen LogP contribution in [-0.4, -0.2) is 39.0 Å². The second-order valence-corrected chi connectivity index (χ2v) is 6.86. The molecule has 3 rings (SSSR count). The second kappa shape index (κ2) is 6.32. The summed E-state index contributed by atoms with van der Waals surface area (Å²) in [7, 11) is 0. The molecule has 2 heterocycles. The summed E-state index contributed by atoms with van der Waals surface area (Å²) in [4.78, 5) is 22.9. The molecule has 1 aliphatic heterocycles. The molecule has 1 aliphatic carbocycles. The first-order chi connectivity index (χ1) is 10.6. The molecule has 5 nitrogen and oxygen atoms in total. The van der Waals surface area contributed by atoms with Crippen molar-refractivity contribution in [3.05, 3.63) is 23.8 Å². The first kappa shape index (κ1) is 15.4. The molecule has 0 spiro atoms. The van der Waals surface area contributed by atoms with Crippen LogP contribution in [0, 0.1) is 11.3 Å². The molecule has 1 aromatic rings. The molecule has 0 radical (unpaired) electrons. The molecule has 1 atom stereocenters. The number of carbonyl (C=O) groups is 1. The van der Waals surface area contributed by atoms with E-state index in [4.69, 9.17) is 0 Å². The highest BCUT2D eigenvalue weighted by molar-refractivity contribution is 5.75. The summed E-state index contributed by atoms with van der Waals surface area (Å²) in [5.41, 5.74) is 0.458. The van der Waals surface area contributed by atoms with E-state index in [1.54, 1.807) is 6.20 Å². The fraction of sp³-hybridized carbons (Fsp3) is 0.706. The summed E-state index contributed by atoms with van der Waals surface area (Å²) in [5, 5.41) is 9.78. The van der Waals surface area contributed by atoms with Gasteiger partial charge >= 0.3 is 5.97 Å². The number of aromatic nitrogens is 2. The second-order valence-electron chi connectivity index (χ2n) is 6.86. The predicted molar refractivity (Wildman–Crippen MR) is 83.3 cm³/mol. The minimum atomic E-state index is -0.610. The maximum Gasteiger partial charge on any atom is 0.310 e.